The molecule has 7 nitrogen and oxygen atoms in total. The van der Waals surface area contributed by atoms with Crippen LogP contribution in [0, 0.1) is 27.7 Å². The molecule has 0 spiro atoms. The molecule has 0 aliphatic rings. The minimum Gasteiger partial charge on any atom is -0.489 e. The molecule has 0 saturated heterocycles. The maximum Gasteiger partial charge on any atom is 0.162 e. The molecule has 14 aromatic carbocycles. The zero-order valence-corrected chi connectivity index (χ0v) is 57.9. The van der Waals surface area contributed by atoms with Crippen molar-refractivity contribution < 1.29 is 33.5 Å². The van der Waals surface area contributed by atoms with Crippen molar-refractivity contribution in [3.63, 3.8) is 0 Å². The van der Waals surface area contributed by atoms with Crippen LogP contribution in [0.1, 0.15) is 61.2 Å². The Balaban J connectivity index is 0.653. The van der Waals surface area contributed by atoms with Crippen LogP contribution in [0.15, 0.2) is 322 Å². The number of rotatable bonds is 26. The van der Waals surface area contributed by atoms with Crippen molar-refractivity contribution in [3.8, 4) is 112 Å². The summed E-state index contributed by atoms with van der Waals surface area (Å²) in [5, 5.41) is 9.88. The molecule has 14 aromatic rings. The quantitative estimate of drug-likeness (QED) is 0.0579. The summed E-state index contributed by atoms with van der Waals surface area (Å²) in [7, 11) is 0. The van der Waals surface area contributed by atoms with Crippen LogP contribution in [0.5, 0.6) is 34.5 Å². The first-order valence-electron chi connectivity index (χ1n) is 34.7. The number of aliphatic hydroxyl groups excluding tert-OH is 1. The lowest BCUT2D eigenvalue weighted by molar-refractivity contribution is 0.256. The van der Waals surface area contributed by atoms with Gasteiger partial charge in [-0.3, -0.25) is 0 Å². The van der Waals surface area contributed by atoms with Crippen LogP contribution in [0.4, 0.5) is 0 Å². The Morgan fingerprint density at radius 2 is 0.373 bits per heavy atom. The van der Waals surface area contributed by atoms with Gasteiger partial charge in [-0.25, -0.2) is 0 Å². The van der Waals surface area contributed by atoms with Crippen LogP contribution in [-0.4, -0.2) is 5.11 Å². The van der Waals surface area contributed by atoms with E-state index < -0.39 is 0 Å². The number of aliphatic hydroxyl groups is 1. The van der Waals surface area contributed by atoms with Crippen molar-refractivity contribution in [2.45, 2.75) is 73.9 Å². The lowest BCUT2D eigenvalue weighted by Crippen LogP contribution is -2.01. The largest absolute Gasteiger partial charge is 0.489 e. The molecule has 0 bridgehead atoms. The van der Waals surface area contributed by atoms with E-state index in [4.69, 9.17) is 28.4 Å². The minimum atomic E-state index is -0.0370. The molecule has 0 unspecified atom stereocenters. The van der Waals surface area contributed by atoms with Gasteiger partial charge in [-0.15, -0.1) is 0 Å². The second-order valence-electron chi connectivity index (χ2n) is 26.2. The van der Waals surface area contributed by atoms with E-state index >= 15 is 0 Å². The average Bonchev–Trinajstić information content (AvgIpc) is 0.836. The summed E-state index contributed by atoms with van der Waals surface area (Å²) in [6.45, 7) is 10.6. The van der Waals surface area contributed by atoms with Gasteiger partial charge >= 0.3 is 0 Å². The summed E-state index contributed by atoms with van der Waals surface area (Å²) in [5.74, 6) is 3.99. The highest BCUT2D eigenvalue weighted by Crippen LogP contribution is 2.39. The molecule has 102 heavy (non-hydrogen) atoms. The molecular formula is C95H80O7. The van der Waals surface area contributed by atoms with Crippen molar-refractivity contribution in [2.75, 3.05) is 0 Å². The highest BCUT2D eigenvalue weighted by atomic mass is 16.5. The molecule has 0 amide bonds. The summed E-state index contributed by atoms with van der Waals surface area (Å²) < 4.78 is 39.6. The van der Waals surface area contributed by atoms with Gasteiger partial charge in [0.15, 0.2) is 23.0 Å². The van der Waals surface area contributed by atoms with Crippen molar-refractivity contribution in [3.05, 3.63) is 383 Å². The van der Waals surface area contributed by atoms with Gasteiger partial charge in [0.05, 0.1) is 6.61 Å². The molecule has 0 saturated carbocycles. The van der Waals surface area contributed by atoms with Crippen LogP contribution in [0.2, 0.25) is 0 Å². The highest BCUT2D eigenvalue weighted by molar-refractivity contribution is 5.72. The second kappa shape index (κ2) is 31.8. The third kappa shape index (κ3) is 17.3. The van der Waals surface area contributed by atoms with E-state index in [2.05, 4.69) is 295 Å². The fourth-order valence-corrected chi connectivity index (χ4v) is 12.3. The first kappa shape index (κ1) is 67.0. The third-order valence-electron chi connectivity index (χ3n) is 18.6. The fourth-order valence-electron chi connectivity index (χ4n) is 12.3. The normalized spacial score (nSPS) is 11.1. The minimum absolute atomic E-state index is 0.0370. The predicted molar refractivity (Wildman–Crippen MR) is 414 cm³/mol. The molecule has 0 radical (unpaired) electrons. The first-order valence-corrected chi connectivity index (χ1v) is 34.7. The lowest BCUT2D eigenvalue weighted by Gasteiger charge is -2.16. The van der Waals surface area contributed by atoms with E-state index in [0.29, 0.717) is 74.1 Å². The van der Waals surface area contributed by atoms with Crippen LogP contribution >= 0.6 is 0 Å². The first-order chi connectivity index (χ1) is 50.0. The third-order valence-corrected chi connectivity index (χ3v) is 18.6. The summed E-state index contributed by atoms with van der Waals surface area (Å²) >= 11 is 0. The Bertz CT molecular complexity index is 4770. The Labute approximate surface area is 599 Å². The Kier molecular flexibility index (Phi) is 20.9. The SMILES string of the molecule is Cc1ccc(-c2ccc(COc3ccc(-c4ccc(COc5cc(OCc6ccc(-c7ccc(OCc8ccc(-c9ccc(C)cc9)cc8)c(OCc8ccc(-c9ccc(C)cc9)cc8)c7)cc6)cc(-c6ccc(CO)cc6)c5)cc4)cc3OCc3ccc(-c4ccc(C)cc4)cc3)cc2)cc1. The molecule has 0 aromatic heterocycles. The van der Waals surface area contributed by atoms with Gasteiger partial charge in [-0.1, -0.05) is 301 Å². The highest BCUT2D eigenvalue weighted by Gasteiger charge is 2.16. The fraction of sp³-hybridized carbons (Fsp3) is 0.116. The summed E-state index contributed by atoms with van der Waals surface area (Å²) in [6.07, 6.45) is 0. The zero-order valence-electron chi connectivity index (χ0n) is 57.9. The molecule has 0 atom stereocenters. The van der Waals surface area contributed by atoms with Crippen molar-refractivity contribution in [1.29, 1.82) is 0 Å². The Hall–Kier alpha value is -12.2. The molecule has 0 fully saturated rings. The van der Waals surface area contributed by atoms with E-state index in [-0.39, 0.29) is 6.61 Å². The molecule has 7 heteroatoms. The van der Waals surface area contributed by atoms with Gasteiger partial charge in [0, 0.05) is 6.07 Å². The standard InChI is InChI=1S/C95H80O7/c1-65-5-27-76(28-6-65)80-37-15-72(16-38-80)61-99-92-51-49-87(55-94(92)101-63-74-19-41-82(42-20-74)78-31-9-67(3)10-32-78)84-45-23-70(24-46-84)59-97-90-53-89(86-35-13-69(58-96)14-36-86)54-91(57-90)98-60-71-25-47-85(48-26-71)88-50-52-93(100-62-73-17-39-81(40-18-73)77-29-7-66(2)8-30-77)95(56-88)102-64-75-21-43-83(44-22-75)79-33-11-68(4)12-34-79/h5-57,96H,58-64H2,1-4H3. The molecule has 0 aliphatic heterocycles. The van der Waals surface area contributed by atoms with Gasteiger partial charge in [0.1, 0.15) is 51.1 Å². The molecule has 502 valence electrons. The van der Waals surface area contributed by atoms with Gasteiger partial charge in [0.2, 0.25) is 0 Å². The van der Waals surface area contributed by atoms with Crippen molar-refractivity contribution in [2.24, 2.45) is 0 Å². The summed E-state index contributed by atoms with van der Waals surface area (Å²) in [6, 6.07) is 112. The topological polar surface area (TPSA) is 75.6 Å². The molecule has 0 heterocycles. The molecule has 14 rings (SSSR count). The van der Waals surface area contributed by atoms with Gasteiger partial charge in [0.25, 0.3) is 0 Å². The molecular weight excluding hydrogens is 1250 g/mol. The Morgan fingerprint density at radius 3 is 0.627 bits per heavy atom. The van der Waals surface area contributed by atoms with E-state index in [9.17, 15) is 5.11 Å². The van der Waals surface area contributed by atoms with Crippen LogP contribution < -0.4 is 28.4 Å². The van der Waals surface area contributed by atoms with Crippen LogP contribution in [0.3, 0.4) is 0 Å². The van der Waals surface area contributed by atoms with E-state index in [1.165, 1.54) is 44.5 Å². The average molecular weight is 1330 g/mol. The lowest BCUT2D eigenvalue weighted by atomic mass is 10.0. The molecule has 1 N–H and O–H groups in total. The monoisotopic (exact) mass is 1330 g/mol. The van der Waals surface area contributed by atoms with Crippen LogP contribution in [0.25, 0.3) is 77.9 Å². The zero-order chi connectivity index (χ0) is 69.6. The second-order valence-corrected chi connectivity index (χ2v) is 26.2. The summed E-state index contributed by atoms with van der Waals surface area (Å²) in [5.41, 5.74) is 27.4. The van der Waals surface area contributed by atoms with E-state index in [0.717, 1.165) is 94.6 Å². The number of benzene rings is 14. The number of ether oxygens (including phenoxy) is 6. The van der Waals surface area contributed by atoms with Gasteiger partial charge < -0.3 is 33.5 Å². The van der Waals surface area contributed by atoms with Crippen molar-refractivity contribution in [1.82, 2.24) is 0 Å². The number of aryl methyl sites for hydroxylation is 4. The molecule has 0 aliphatic carbocycles. The van der Waals surface area contributed by atoms with Gasteiger partial charge in [-0.05, 0) is 181 Å². The predicted octanol–water partition coefficient (Wildman–Crippen LogP) is 23.6. The van der Waals surface area contributed by atoms with E-state index in [1.807, 2.05) is 54.6 Å². The Morgan fingerprint density at radius 1 is 0.176 bits per heavy atom. The summed E-state index contributed by atoms with van der Waals surface area (Å²) in [4.78, 5) is 0. The smallest absolute Gasteiger partial charge is 0.162 e. The number of hydrogen-bond acceptors (Lipinski definition) is 7. The van der Waals surface area contributed by atoms with E-state index in [1.54, 1.807) is 0 Å². The van der Waals surface area contributed by atoms with Crippen molar-refractivity contribution >= 4 is 0 Å². The van der Waals surface area contributed by atoms with Gasteiger partial charge in [-0.2, -0.15) is 0 Å². The maximum atomic E-state index is 9.88. The number of hydrogen-bond donors (Lipinski definition) is 1. The maximum absolute atomic E-state index is 9.88. The van der Waals surface area contributed by atoms with Crippen LogP contribution in [-0.2, 0) is 46.2 Å².